The molecule has 2 aromatic carbocycles. The van der Waals surface area contributed by atoms with Gasteiger partial charge in [0.25, 0.3) is 5.91 Å². The molecule has 0 aliphatic carbocycles. The smallest absolute Gasteiger partial charge is 0.328 e. The number of carboxylic acids is 1. The minimum absolute atomic E-state index is 0.0180. The van der Waals surface area contributed by atoms with Crippen molar-refractivity contribution in [3.05, 3.63) is 76.4 Å². The Kier molecular flexibility index (Phi) is 6.64. The monoisotopic (exact) mass is 430 g/mol. The van der Waals surface area contributed by atoms with Gasteiger partial charge in [-0.3, -0.25) is 4.79 Å². The molecule has 3 aromatic rings. The predicted octanol–water partition coefficient (Wildman–Crippen LogP) is 3.75. The molecule has 3 rings (SSSR count). The molecule has 1 heterocycles. The molecule has 0 radical (unpaired) electrons. The highest BCUT2D eigenvalue weighted by Gasteiger charge is 2.23. The maximum absolute atomic E-state index is 12.4. The van der Waals surface area contributed by atoms with E-state index < -0.39 is 17.9 Å². The van der Waals surface area contributed by atoms with Gasteiger partial charge in [-0.2, -0.15) is 0 Å². The van der Waals surface area contributed by atoms with Crippen LogP contribution >= 0.6 is 23.2 Å². The third kappa shape index (κ3) is 5.22. The van der Waals surface area contributed by atoms with E-state index in [1.807, 2.05) is 30.3 Å². The van der Waals surface area contributed by atoms with E-state index in [1.165, 1.54) is 12.1 Å². The molecule has 9 heteroatoms. The van der Waals surface area contributed by atoms with Crippen LogP contribution in [0.15, 0.2) is 60.8 Å². The lowest BCUT2D eigenvalue weighted by atomic mass is 10.1. The maximum Gasteiger partial charge on any atom is 0.328 e. The van der Waals surface area contributed by atoms with E-state index in [9.17, 15) is 14.7 Å². The van der Waals surface area contributed by atoms with Crippen molar-refractivity contribution in [3.8, 4) is 11.3 Å². The Morgan fingerprint density at radius 3 is 2.34 bits per heavy atom. The Labute approximate surface area is 176 Å². The average molecular weight is 431 g/mol. The molecule has 0 fully saturated rings. The van der Waals surface area contributed by atoms with E-state index in [2.05, 4.69) is 20.6 Å². The molecule has 148 valence electrons. The fourth-order valence-corrected chi connectivity index (χ4v) is 3.12. The molecule has 1 amide bonds. The molecular formula is C20H16Cl2N4O3. The van der Waals surface area contributed by atoms with E-state index in [-0.39, 0.29) is 28.1 Å². The topological polar surface area (TPSA) is 104 Å². The Morgan fingerprint density at radius 1 is 1.00 bits per heavy atom. The third-order valence-electron chi connectivity index (χ3n) is 3.98. The van der Waals surface area contributed by atoms with Crippen molar-refractivity contribution in [3.63, 3.8) is 0 Å². The number of nitrogens with one attached hydrogen (secondary N) is 2. The van der Waals surface area contributed by atoms with Crippen LogP contribution in [-0.2, 0) is 4.79 Å². The fraction of sp³-hybridized carbons (Fsp3) is 0.100. The van der Waals surface area contributed by atoms with Gasteiger partial charge in [-0.15, -0.1) is 0 Å². The maximum atomic E-state index is 12.4. The molecule has 0 aliphatic rings. The van der Waals surface area contributed by atoms with Gasteiger partial charge in [-0.1, -0.05) is 59.6 Å². The van der Waals surface area contributed by atoms with Crippen LogP contribution in [0.4, 0.5) is 5.95 Å². The minimum atomic E-state index is -1.25. The molecule has 1 aromatic heterocycles. The van der Waals surface area contributed by atoms with Crippen LogP contribution in [0.2, 0.25) is 10.0 Å². The molecule has 0 aliphatic heterocycles. The number of carboxylic acid groups (broad SMARTS) is 1. The number of aliphatic carboxylic acids is 1. The molecule has 0 saturated carbocycles. The Hall–Kier alpha value is -3.16. The first-order valence-electron chi connectivity index (χ1n) is 8.55. The second kappa shape index (κ2) is 9.36. The summed E-state index contributed by atoms with van der Waals surface area (Å²) >= 11 is 12.0. The van der Waals surface area contributed by atoms with Crippen LogP contribution in [0.1, 0.15) is 10.4 Å². The zero-order chi connectivity index (χ0) is 20.8. The normalized spacial score (nSPS) is 11.5. The van der Waals surface area contributed by atoms with E-state index in [0.29, 0.717) is 5.69 Å². The van der Waals surface area contributed by atoms with Crippen LogP contribution in [-0.4, -0.2) is 39.5 Å². The highest BCUT2D eigenvalue weighted by molar-refractivity contribution is 6.39. The molecule has 1 atom stereocenters. The van der Waals surface area contributed by atoms with Crippen molar-refractivity contribution in [1.29, 1.82) is 0 Å². The quantitative estimate of drug-likeness (QED) is 0.527. The van der Waals surface area contributed by atoms with Gasteiger partial charge in [0.1, 0.15) is 6.04 Å². The van der Waals surface area contributed by atoms with E-state index >= 15 is 0 Å². The third-order valence-corrected chi connectivity index (χ3v) is 4.61. The van der Waals surface area contributed by atoms with Crippen molar-refractivity contribution in [2.24, 2.45) is 0 Å². The van der Waals surface area contributed by atoms with Crippen LogP contribution in [0.3, 0.4) is 0 Å². The number of hydrogen-bond acceptors (Lipinski definition) is 5. The number of rotatable bonds is 7. The first-order chi connectivity index (χ1) is 14.0. The van der Waals surface area contributed by atoms with Crippen LogP contribution in [0, 0.1) is 0 Å². The van der Waals surface area contributed by atoms with Crippen molar-refractivity contribution in [2.75, 3.05) is 11.9 Å². The molecule has 0 saturated heterocycles. The molecular weight excluding hydrogens is 415 g/mol. The van der Waals surface area contributed by atoms with E-state index in [1.54, 1.807) is 18.3 Å². The largest absolute Gasteiger partial charge is 0.480 e. The van der Waals surface area contributed by atoms with Crippen LogP contribution in [0.5, 0.6) is 0 Å². The molecule has 0 spiro atoms. The summed E-state index contributed by atoms with van der Waals surface area (Å²) < 4.78 is 0. The summed E-state index contributed by atoms with van der Waals surface area (Å²) in [5.74, 6) is -1.68. The van der Waals surface area contributed by atoms with Gasteiger partial charge < -0.3 is 15.7 Å². The number of anilines is 1. The SMILES string of the molecule is O=C(NC(CNc1nccc(-c2ccccc2)n1)C(=O)O)c1c(Cl)cccc1Cl. The van der Waals surface area contributed by atoms with Gasteiger partial charge in [0.2, 0.25) is 5.95 Å². The van der Waals surface area contributed by atoms with Crippen molar-refractivity contribution < 1.29 is 14.7 Å². The number of amides is 1. The number of benzene rings is 2. The van der Waals surface area contributed by atoms with E-state index in [4.69, 9.17) is 23.2 Å². The average Bonchev–Trinajstić information content (AvgIpc) is 2.71. The molecule has 0 bridgehead atoms. The summed E-state index contributed by atoms with van der Waals surface area (Å²) in [5.41, 5.74) is 1.60. The standard InChI is InChI=1S/C20H16Cl2N4O3/c21-13-7-4-8-14(22)17(13)18(27)25-16(19(28)29)11-24-20-23-10-9-15(26-20)12-5-2-1-3-6-12/h1-10,16H,11H2,(H,25,27)(H,28,29)(H,23,24,26). The lowest BCUT2D eigenvalue weighted by molar-refractivity contribution is -0.138. The van der Waals surface area contributed by atoms with Gasteiger partial charge in [-0.25, -0.2) is 14.8 Å². The Balaban J connectivity index is 1.71. The minimum Gasteiger partial charge on any atom is -0.480 e. The summed E-state index contributed by atoms with van der Waals surface area (Å²) in [6.45, 7) is -0.138. The number of carbonyl (C=O) groups is 2. The number of nitrogens with zero attached hydrogens (tertiary/aromatic N) is 2. The number of halogens is 2. The van der Waals surface area contributed by atoms with E-state index in [0.717, 1.165) is 5.56 Å². The highest BCUT2D eigenvalue weighted by Crippen LogP contribution is 2.24. The summed E-state index contributed by atoms with van der Waals surface area (Å²) in [6.07, 6.45) is 1.57. The predicted molar refractivity (Wildman–Crippen MR) is 111 cm³/mol. The van der Waals surface area contributed by atoms with Gasteiger partial charge in [0, 0.05) is 18.3 Å². The van der Waals surface area contributed by atoms with Crippen molar-refractivity contribution in [1.82, 2.24) is 15.3 Å². The lowest BCUT2D eigenvalue weighted by Crippen LogP contribution is -2.45. The first-order valence-corrected chi connectivity index (χ1v) is 9.31. The van der Waals surface area contributed by atoms with Gasteiger partial charge in [0.15, 0.2) is 0 Å². The van der Waals surface area contributed by atoms with Crippen LogP contribution < -0.4 is 10.6 Å². The van der Waals surface area contributed by atoms with Gasteiger partial charge >= 0.3 is 5.97 Å². The van der Waals surface area contributed by atoms with Crippen LogP contribution in [0.25, 0.3) is 11.3 Å². The Morgan fingerprint density at radius 2 is 1.69 bits per heavy atom. The number of aromatic nitrogens is 2. The molecule has 3 N–H and O–H groups in total. The molecule has 7 nitrogen and oxygen atoms in total. The first kappa shape index (κ1) is 20.6. The highest BCUT2D eigenvalue weighted by atomic mass is 35.5. The number of carbonyl (C=O) groups excluding carboxylic acids is 1. The van der Waals surface area contributed by atoms with Crippen molar-refractivity contribution in [2.45, 2.75) is 6.04 Å². The van der Waals surface area contributed by atoms with Gasteiger partial charge in [0.05, 0.1) is 21.3 Å². The summed E-state index contributed by atoms with van der Waals surface area (Å²) in [5, 5.41) is 15.0. The van der Waals surface area contributed by atoms with Crippen molar-refractivity contribution >= 4 is 41.0 Å². The molecule has 29 heavy (non-hydrogen) atoms. The second-order valence-electron chi connectivity index (χ2n) is 5.97. The summed E-state index contributed by atoms with van der Waals surface area (Å²) in [6, 6.07) is 14.6. The number of hydrogen-bond donors (Lipinski definition) is 3. The Bertz CT molecular complexity index is 1010. The zero-order valence-corrected chi connectivity index (χ0v) is 16.5. The summed E-state index contributed by atoms with van der Waals surface area (Å²) in [4.78, 5) is 32.5. The molecule has 1 unspecified atom stereocenters. The summed E-state index contributed by atoms with van der Waals surface area (Å²) in [7, 11) is 0. The zero-order valence-electron chi connectivity index (χ0n) is 15.0. The second-order valence-corrected chi connectivity index (χ2v) is 6.79. The lowest BCUT2D eigenvalue weighted by Gasteiger charge is -2.16. The fourth-order valence-electron chi connectivity index (χ4n) is 2.55. The van der Waals surface area contributed by atoms with Gasteiger partial charge in [-0.05, 0) is 18.2 Å².